The molecule has 0 N–H and O–H groups in total. The van der Waals surface area contributed by atoms with E-state index in [1.54, 1.807) is 19.2 Å². The van der Waals surface area contributed by atoms with E-state index in [-0.39, 0.29) is 17.8 Å². The fraction of sp³-hybridized carbons (Fsp3) is 0.350. The first-order chi connectivity index (χ1) is 12.5. The molecule has 1 saturated heterocycles. The first-order valence-electron chi connectivity index (χ1n) is 8.40. The molecule has 0 unspecified atom stereocenters. The van der Waals surface area contributed by atoms with E-state index in [9.17, 15) is 4.79 Å². The van der Waals surface area contributed by atoms with Crippen LogP contribution in [0.4, 0.5) is 0 Å². The fourth-order valence-electron chi connectivity index (χ4n) is 3.57. The van der Waals surface area contributed by atoms with Gasteiger partial charge >= 0.3 is 5.97 Å². The molecule has 26 heavy (non-hydrogen) atoms. The van der Waals surface area contributed by atoms with E-state index in [1.807, 2.05) is 18.2 Å². The molecule has 3 rings (SSSR count). The zero-order valence-electron chi connectivity index (χ0n) is 14.7. The summed E-state index contributed by atoms with van der Waals surface area (Å²) < 4.78 is 10.5. The van der Waals surface area contributed by atoms with Crippen molar-refractivity contribution in [3.05, 3.63) is 63.6 Å². The molecule has 0 aliphatic carbocycles. The van der Waals surface area contributed by atoms with Crippen molar-refractivity contribution in [3.63, 3.8) is 0 Å². The van der Waals surface area contributed by atoms with Gasteiger partial charge in [0.05, 0.1) is 30.2 Å². The molecule has 1 aliphatic rings. The molecule has 0 spiro atoms. The van der Waals surface area contributed by atoms with Gasteiger partial charge in [0.15, 0.2) is 0 Å². The van der Waals surface area contributed by atoms with Crippen LogP contribution in [-0.4, -0.2) is 38.2 Å². The Kier molecular flexibility index (Phi) is 6.07. The molecule has 0 saturated carbocycles. The first-order valence-corrected chi connectivity index (χ1v) is 9.16. The number of rotatable bonds is 5. The molecule has 4 nitrogen and oxygen atoms in total. The topological polar surface area (TPSA) is 38.8 Å². The van der Waals surface area contributed by atoms with Crippen LogP contribution in [0.2, 0.25) is 10.0 Å². The van der Waals surface area contributed by atoms with Gasteiger partial charge in [0.25, 0.3) is 0 Å². The van der Waals surface area contributed by atoms with Gasteiger partial charge in [-0.25, -0.2) is 0 Å². The summed E-state index contributed by atoms with van der Waals surface area (Å²) in [6.07, 6.45) is 0. The minimum Gasteiger partial charge on any atom is -0.496 e. The van der Waals surface area contributed by atoms with E-state index in [0.29, 0.717) is 28.9 Å². The number of nitrogens with zero attached hydrogens (tertiary/aromatic N) is 1. The highest BCUT2D eigenvalue weighted by Crippen LogP contribution is 2.41. The zero-order valence-corrected chi connectivity index (χ0v) is 16.3. The van der Waals surface area contributed by atoms with E-state index in [2.05, 4.69) is 17.0 Å². The lowest BCUT2D eigenvalue weighted by atomic mass is 9.88. The average molecular weight is 394 g/mol. The molecule has 2 atom stereocenters. The minimum absolute atomic E-state index is 0.0733. The molecule has 0 aromatic heterocycles. The van der Waals surface area contributed by atoms with Crippen LogP contribution in [-0.2, 0) is 16.1 Å². The van der Waals surface area contributed by atoms with Crippen LogP contribution in [0.15, 0.2) is 42.5 Å². The second-order valence-electron chi connectivity index (χ2n) is 6.42. The van der Waals surface area contributed by atoms with Gasteiger partial charge in [-0.05, 0) is 11.6 Å². The molecule has 0 amide bonds. The number of benzene rings is 2. The molecule has 2 aromatic rings. The molecule has 1 aliphatic heterocycles. The minimum atomic E-state index is -0.283. The third-order valence-corrected chi connectivity index (χ3v) is 5.54. The molecular weight excluding hydrogens is 373 g/mol. The van der Waals surface area contributed by atoms with Crippen LogP contribution in [0, 0.1) is 5.92 Å². The van der Waals surface area contributed by atoms with Gasteiger partial charge in [-0.2, -0.15) is 0 Å². The Morgan fingerprint density at radius 1 is 1.12 bits per heavy atom. The first kappa shape index (κ1) is 19.0. The quantitative estimate of drug-likeness (QED) is 0.706. The number of halogens is 2. The van der Waals surface area contributed by atoms with Crippen LogP contribution in [0.1, 0.15) is 17.0 Å². The van der Waals surface area contributed by atoms with Crippen molar-refractivity contribution in [1.29, 1.82) is 0 Å². The predicted octanol–water partition coefficient (Wildman–Crippen LogP) is 4.39. The standard InChI is InChI=1S/C20H21Cl2NO3/c1-25-19-9-18(22)17(21)8-14(19)15-11-23(12-16(15)20(24)26-2)10-13-6-4-3-5-7-13/h3-9,15-16H,10-12H2,1-2H3/t15-,16-/m0/s1. The molecule has 1 fully saturated rings. The number of methoxy groups -OCH3 is 2. The van der Waals surface area contributed by atoms with Gasteiger partial charge in [-0.15, -0.1) is 0 Å². The second kappa shape index (κ2) is 8.30. The SMILES string of the molecule is COC(=O)[C@H]1CN(Cc2ccccc2)C[C@H]1c1cc(Cl)c(Cl)cc1OC. The lowest BCUT2D eigenvalue weighted by Crippen LogP contribution is -2.24. The molecule has 0 radical (unpaired) electrons. The second-order valence-corrected chi connectivity index (χ2v) is 7.24. The lowest BCUT2D eigenvalue weighted by molar-refractivity contribution is -0.145. The smallest absolute Gasteiger partial charge is 0.310 e. The largest absolute Gasteiger partial charge is 0.496 e. The maximum absolute atomic E-state index is 12.4. The summed E-state index contributed by atoms with van der Waals surface area (Å²) in [5, 5.41) is 0.883. The highest BCUT2D eigenvalue weighted by atomic mass is 35.5. The highest BCUT2D eigenvalue weighted by molar-refractivity contribution is 6.42. The van der Waals surface area contributed by atoms with Crippen molar-refractivity contribution in [2.75, 3.05) is 27.3 Å². The molecular formula is C20H21Cl2NO3. The Morgan fingerprint density at radius 2 is 1.81 bits per heavy atom. The van der Waals surface area contributed by atoms with E-state index >= 15 is 0 Å². The maximum atomic E-state index is 12.4. The van der Waals surface area contributed by atoms with E-state index in [1.165, 1.54) is 12.7 Å². The average Bonchev–Trinajstić information content (AvgIpc) is 3.07. The predicted molar refractivity (Wildman–Crippen MR) is 103 cm³/mol. The van der Waals surface area contributed by atoms with Crippen molar-refractivity contribution in [1.82, 2.24) is 4.90 Å². The molecule has 2 aromatic carbocycles. The molecule has 1 heterocycles. The maximum Gasteiger partial charge on any atom is 0.310 e. The Hall–Kier alpha value is -1.75. The van der Waals surface area contributed by atoms with Crippen LogP contribution in [0.5, 0.6) is 5.75 Å². The van der Waals surface area contributed by atoms with Crippen molar-refractivity contribution in [2.45, 2.75) is 12.5 Å². The summed E-state index contributed by atoms with van der Waals surface area (Å²) in [6.45, 7) is 2.10. The third kappa shape index (κ3) is 3.98. The summed E-state index contributed by atoms with van der Waals surface area (Å²) in [5.41, 5.74) is 2.09. The third-order valence-electron chi connectivity index (χ3n) is 4.82. The summed E-state index contributed by atoms with van der Waals surface area (Å²) in [5.74, 6) is 0.0595. The molecule has 6 heteroatoms. The Labute approximate surface area is 163 Å². The van der Waals surface area contributed by atoms with Gasteiger partial charge < -0.3 is 9.47 Å². The van der Waals surface area contributed by atoms with E-state index in [0.717, 1.165) is 12.1 Å². The Balaban J connectivity index is 1.91. The zero-order chi connectivity index (χ0) is 18.7. The number of hydrogen-bond donors (Lipinski definition) is 0. The van der Waals surface area contributed by atoms with Gasteiger partial charge in [0.1, 0.15) is 5.75 Å². The number of hydrogen-bond acceptors (Lipinski definition) is 4. The van der Waals surface area contributed by atoms with Crippen molar-refractivity contribution >= 4 is 29.2 Å². The number of ether oxygens (including phenoxy) is 2. The van der Waals surface area contributed by atoms with Gasteiger partial charge in [0, 0.05) is 37.2 Å². The van der Waals surface area contributed by atoms with Crippen LogP contribution < -0.4 is 4.74 Å². The number of carbonyl (C=O) groups is 1. The summed E-state index contributed by atoms with van der Waals surface area (Å²) >= 11 is 12.4. The Morgan fingerprint density at radius 3 is 2.46 bits per heavy atom. The number of likely N-dealkylation sites (tertiary alicyclic amines) is 1. The summed E-state index contributed by atoms with van der Waals surface area (Å²) in [4.78, 5) is 14.7. The fourth-order valence-corrected chi connectivity index (χ4v) is 3.90. The highest BCUT2D eigenvalue weighted by Gasteiger charge is 2.40. The van der Waals surface area contributed by atoms with Crippen LogP contribution >= 0.6 is 23.2 Å². The van der Waals surface area contributed by atoms with Crippen molar-refractivity contribution in [3.8, 4) is 5.75 Å². The van der Waals surface area contributed by atoms with Gasteiger partial charge in [0.2, 0.25) is 0 Å². The Bertz CT molecular complexity index is 782. The van der Waals surface area contributed by atoms with Crippen molar-refractivity contribution in [2.24, 2.45) is 5.92 Å². The van der Waals surface area contributed by atoms with E-state index < -0.39 is 0 Å². The van der Waals surface area contributed by atoms with Gasteiger partial charge in [-0.1, -0.05) is 53.5 Å². The van der Waals surface area contributed by atoms with Crippen molar-refractivity contribution < 1.29 is 14.3 Å². The summed E-state index contributed by atoms with van der Waals surface area (Å²) in [6, 6.07) is 13.7. The molecule has 138 valence electrons. The van der Waals surface area contributed by atoms with E-state index in [4.69, 9.17) is 32.7 Å². The van der Waals surface area contributed by atoms with Crippen LogP contribution in [0.25, 0.3) is 0 Å². The number of carbonyl (C=O) groups excluding carboxylic acids is 1. The van der Waals surface area contributed by atoms with Crippen LogP contribution in [0.3, 0.4) is 0 Å². The monoisotopic (exact) mass is 393 g/mol. The normalized spacial score (nSPS) is 20.2. The summed E-state index contributed by atoms with van der Waals surface area (Å²) in [7, 11) is 3.01. The number of esters is 1. The van der Waals surface area contributed by atoms with Gasteiger partial charge in [-0.3, -0.25) is 9.69 Å². The lowest BCUT2D eigenvalue weighted by Gasteiger charge is -2.20. The molecule has 0 bridgehead atoms.